The predicted octanol–water partition coefficient (Wildman–Crippen LogP) is 3.02. The average molecular weight is 254 g/mol. The highest BCUT2D eigenvalue weighted by molar-refractivity contribution is 6.29. The third-order valence-corrected chi connectivity index (χ3v) is 2.19. The zero-order valence-corrected chi connectivity index (χ0v) is 9.70. The molecule has 0 amide bonds. The second-order valence-corrected chi connectivity index (χ2v) is 3.55. The van der Waals surface area contributed by atoms with E-state index in [2.05, 4.69) is 15.3 Å². The number of hydrogen-bond donors (Lipinski definition) is 1. The van der Waals surface area contributed by atoms with Crippen LogP contribution in [0, 0.1) is 5.82 Å². The number of nitrogens with one attached hydrogen (secondary N) is 1. The summed E-state index contributed by atoms with van der Waals surface area (Å²) in [5.74, 6) is -0.00634. The van der Waals surface area contributed by atoms with Crippen molar-refractivity contribution in [3.63, 3.8) is 0 Å². The molecule has 17 heavy (non-hydrogen) atoms. The highest BCUT2D eigenvalue weighted by atomic mass is 35.5. The quantitative estimate of drug-likeness (QED) is 0.854. The van der Waals surface area contributed by atoms with Crippen LogP contribution in [0.3, 0.4) is 0 Å². The lowest BCUT2D eigenvalue weighted by Crippen LogP contribution is -1.99. The Morgan fingerprint density at radius 2 is 2.06 bits per heavy atom. The third-order valence-electron chi connectivity index (χ3n) is 1.99. The average Bonchev–Trinajstić information content (AvgIpc) is 2.31. The Bertz CT molecular complexity index is 536. The van der Waals surface area contributed by atoms with Gasteiger partial charge in [-0.25, -0.2) is 4.39 Å². The number of nitrogens with zero attached hydrogens (tertiary/aromatic N) is 2. The zero-order valence-electron chi connectivity index (χ0n) is 8.95. The van der Waals surface area contributed by atoms with E-state index in [0.29, 0.717) is 11.5 Å². The lowest BCUT2D eigenvalue weighted by Gasteiger charge is -2.07. The van der Waals surface area contributed by atoms with Gasteiger partial charge in [-0.15, -0.1) is 0 Å². The van der Waals surface area contributed by atoms with Crippen molar-refractivity contribution in [3.8, 4) is 6.01 Å². The normalized spacial score (nSPS) is 10.1. The van der Waals surface area contributed by atoms with Gasteiger partial charge in [-0.05, 0) is 12.1 Å². The molecule has 0 unspecified atom stereocenters. The molecule has 2 aromatic rings. The molecule has 0 bridgehead atoms. The molecule has 0 aliphatic rings. The first-order valence-corrected chi connectivity index (χ1v) is 5.17. The molecule has 1 aromatic heterocycles. The molecule has 1 heterocycles. The highest BCUT2D eigenvalue weighted by Gasteiger charge is 2.06. The van der Waals surface area contributed by atoms with Crippen molar-refractivity contribution in [2.24, 2.45) is 0 Å². The number of para-hydroxylation sites is 1. The molecule has 88 valence electrons. The smallest absolute Gasteiger partial charge is 0.319 e. The molecular weight excluding hydrogens is 245 g/mol. The molecule has 1 N–H and O–H groups in total. The van der Waals surface area contributed by atoms with Gasteiger partial charge in [-0.1, -0.05) is 23.7 Å². The van der Waals surface area contributed by atoms with E-state index in [1.807, 2.05) is 0 Å². The summed E-state index contributed by atoms with van der Waals surface area (Å²) in [6, 6.07) is 7.87. The summed E-state index contributed by atoms with van der Waals surface area (Å²) in [4.78, 5) is 7.81. The van der Waals surface area contributed by atoms with Crippen molar-refractivity contribution in [1.29, 1.82) is 0 Å². The summed E-state index contributed by atoms with van der Waals surface area (Å²) >= 11 is 5.77. The molecule has 0 spiro atoms. The monoisotopic (exact) mass is 253 g/mol. The van der Waals surface area contributed by atoms with Crippen molar-refractivity contribution >= 4 is 23.1 Å². The summed E-state index contributed by atoms with van der Waals surface area (Å²) < 4.78 is 18.3. The SMILES string of the molecule is COc1nc(Cl)cc(Nc2ccccc2F)n1. The Labute approximate surface area is 102 Å². The minimum atomic E-state index is -0.374. The molecule has 4 nitrogen and oxygen atoms in total. The maximum atomic E-state index is 13.4. The van der Waals surface area contributed by atoms with E-state index in [4.69, 9.17) is 16.3 Å². The molecule has 6 heteroatoms. The fraction of sp³-hybridized carbons (Fsp3) is 0.0909. The minimum Gasteiger partial charge on any atom is -0.467 e. The molecule has 0 saturated heterocycles. The van der Waals surface area contributed by atoms with E-state index in [9.17, 15) is 4.39 Å². The summed E-state index contributed by atoms with van der Waals surface area (Å²) in [5, 5.41) is 3.02. The van der Waals surface area contributed by atoms with Crippen LogP contribution in [0.2, 0.25) is 5.15 Å². The van der Waals surface area contributed by atoms with E-state index in [0.717, 1.165) is 0 Å². The molecule has 1 aromatic carbocycles. The topological polar surface area (TPSA) is 47.0 Å². The molecule has 0 aliphatic carbocycles. The van der Waals surface area contributed by atoms with Gasteiger partial charge in [0.15, 0.2) is 0 Å². The first kappa shape index (κ1) is 11.6. The van der Waals surface area contributed by atoms with Gasteiger partial charge in [0.1, 0.15) is 16.8 Å². The third kappa shape index (κ3) is 2.82. The Morgan fingerprint density at radius 3 is 2.76 bits per heavy atom. The van der Waals surface area contributed by atoms with Gasteiger partial charge in [0.2, 0.25) is 0 Å². The number of hydrogen-bond acceptors (Lipinski definition) is 4. The van der Waals surface area contributed by atoms with Crippen molar-refractivity contribution < 1.29 is 9.13 Å². The fourth-order valence-corrected chi connectivity index (χ4v) is 1.43. The van der Waals surface area contributed by atoms with Crippen molar-refractivity contribution in [2.75, 3.05) is 12.4 Å². The molecule has 0 saturated carbocycles. The Balaban J connectivity index is 2.30. The van der Waals surface area contributed by atoms with Crippen LogP contribution in [0.15, 0.2) is 30.3 Å². The second-order valence-electron chi connectivity index (χ2n) is 3.17. The van der Waals surface area contributed by atoms with Gasteiger partial charge >= 0.3 is 6.01 Å². The Hall–Kier alpha value is -1.88. The van der Waals surface area contributed by atoms with Crippen LogP contribution < -0.4 is 10.1 Å². The fourth-order valence-electron chi connectivity index (χ4n) is 1.25. The molecule has 0 fully saturated rings. The highest BCUT2D eigenvalue weighted by Crippen LogP contribution is 2.21. The van der Waals surface area contributed by atoms with Crippen molar-refractivity contribution in [1.82, 2.24) is 9.97 Å². The van der Waals surface area contributed by atoms with Gasteiger partial charge in [-0.3, -0.25) is 0 Å². The molecule has 2 rings (SSSR count). The summed E-state index contributed by atoms with van der Waals surface area (Å²) in [6.45, 7) is 0. The van der Waals surface area contributed by atoms with Crippen LogP contribution >= 0.6 is 11.6 Å². The second kappa shape index (κ2) is 4.97. The van der Waals surface area contributed by atoms with Gasteiger partial charge < -0.3 is 10.1 Å². The van der Waals surface area contributed by atoms with Gasteiger partial charge in [0.05, 0.1) is 12.8 Å². The number of benzene rings is 1. The number of aromatic nitrogens is 2. The van der Waals surface area contributed by atoms with Crippen LogP contribution in [0.5, 0.6) is 6.01 Å². The van der Waals surface area contributed by atoms with E-state index in [-0.39, 0.29) is 17.0 Å². The van der Waals surface area contributed by atoms with Gasteiger partial charge in [-0.2, -0.15) is 9.97 Å². The molecule has 0 radical (unpaired) electrons. The zero-order chi connectivity index (χ0) is 12.3. The van der Waals surface area contributed by atoms with Crippen molar-refractivity contribution in [2.45, 2.75) is 0 Å². The summed E-state index contributed by atoms with van der Waals surface area (Å²) in [6.07, 6.45) is 0. The van der Waals surface area contributed by atoms with E-state index in [1.54, 1.807) is 18.2 Å². The maximum Gasteiger partial charge on any atom is 0.319 e. The summed E-state index contributed by atoms with van der Waals surface area (Å²) in [5.41, 5.74) is 0.310. The van der Waals surface area contributed by atoms with Gasteiger partial charge in [0.25, 0.3) is 0 Å². The number of ether oxygens (including phenoxy) is 1. The lowest BCUT2D eigenvalue weighted by atomic mass is 10.3. The van der Waals surface area contributed by atoms with Gasteiger partial charge in [0, 0.05) is 6.07 Å². The van der Waals surface area contributed by atoms with Crippen molar-refractivity contribution in [3.05, 3.63) is 41.3 Å². The Kier molecular flexibility index (Phi) is 3.39. The minimum absolute atomic E-state index is 0.122. The molecule has 0 atom stereocenters. The first-order valence-electron chi connectivity index (χ1n) is 4.79. The number of halogens is 2. The van der Waals surface area contributed by atoms with Crippen LogP contribution in [-0.4, -0.2) is 17.1 Å². The van der Waals surface area contributed by atoms with Crippen LogP contribution in [0.1, 0.15) is 0 Å². The van der Waals surface area contributed by atoms with E-state index >= 15 is 0 Å². The maximum absolute atomic E-state index is 13.4. The molecular formula is C11H9ClFN3O. The number of rotatable bonds is 3. The summed E-state index contributed by atoms with van der Waals surface area (Å²) in [7, 11) is 1.43. The van der Waals surface area contributed by atoms with E-state index < -0.39 is 0 Å². The van der Waals surface area contributed by atoms with E-state index in [1.165, 1.54) is 19.2 Å². The first-order chi connectivity index (χ1) is 8.19. The van der Waals surface area contributed by atoms with Crippen LogP contribution in [-0.2, 0) is 0 Å². The standard InChI is InChI=1S/C11H9ClFN3O/c1-17-11-15-9(12)6-10(16-11)14-8-5-3-2-4-7(8)13/h2-6H,1H3,(H,14,15,16). The Morgan fingerprint density at radius 1 is 1.29 bits per heavy atom. The van der Waals surface area contributed by atoms with Crippen LogP contribution in [0.4, 0.5) is 15.9 Å². The predicted molar refractivity (Wildman–Crippen MR) is 63.3 cm³/mol. The lowest BCUT2D eigenvalue weighted by molar-refractivity contribution is 0.380. The van der Waals surface area contributed by atoms with Crippen LogP contribution in [0.25, 0.3) is 0 Å². The number of methoxy groups -OCH3 is 1. The number of anilines is 2. The largest absolute Gasteiger partial charge is 0.467 e. The molecule has 0 aliphatic heterocycles.